The number of benzene rings is 1. The first-order valence-corrected chi connectivity index (χ1v) is 7.28. The second kappa shape index (κ2) is 6.34. The number of ether oxygens (including phenoxy) is 1. The van der Waals surface area contributed by atoms with Gasteiger partial charge in [-0.2, -0.15) is 0 Å². The summed E-state index contributed by atoms with van der Waals surface area (Å²) in [5, 5.41) is 3.00. The third-order valence-corrected chi connectivity index (χ3v) is 3.67. The standard InChI is InChI=1S/C13H13Br2N3O/c1-8-6-11(16-2)18-12(17-8)7-19-13-9(14)4-3-5-10(13)15/h3-6H,7H2,1-2H3,(H,16,17,18). The third-order valence-electron chi connectivity index (χ3n) is 2.42. The Kier molecular flexibility index (Phi) is 4.76. The number of aryl methyl sites for hydroxylation is 1. The molecule has 0 radical (unpaired) electrons. The van der Waals surface area contributed by atoms with Crippen LogP contribution in [0.25, 0.3) is 0 Å². The van der Waals surface area contributed by atoms with Gasteiger partial charge in [-0.05, 0) is 50.9 Å². The fraction of sp³-hybridized carbons (Fsp3) is 0.231. The van der Waals surface area contributed by atoms with Crippen molar-refractivity contribution in [2.75, 3.05) is 12.4 Å². The average molecular weight is 387 g/mol. The minimum Gasteiger partial charge on any atom is -0.483 e. The lowest BCUT2D eigenvalue weighted by atomic mass is 10.3. The van der Waals surface area contributed by atoms with Gasteiger partial charge in [0.1, 0.15) is 18.2 Å². The molecule has 0 aliphatic heterocycles. The summed E-state index contributed by atoms with van der Waals surface area (Å²) >= 11 is 6.91. The molecule has 19 heavy (non-hydrogen) atoms. The van der Waals surface area contributed by atoms with Gasteiger partial charge in [0.15, 0.2) is 5.82 Å². The van der Waals surface area contributed by atoms with E-state index in [1.165, 1.54) is 0 Å². The Morgan fingerprint density at radius 1 is 1.21 bits per heavy atom. The molecule has 0 atom stereocenters. The Balaban J connectivity index is 2.16. The maximum Gasteiger partial charge on any atom is 0.168 e. The first-order chi connectivity index (χ1) is 9.10. The summed E-state index contributed by atoms with van der Waals surface area (Å²) in [4.78, 5) is 8.70. The van der Waals surface area contributed by atoms with Crippen molar-refractivity contribution in [2.45, 2.75) is 13.5 Å². The zero-order valence-corrected chi connectivity index (χ0v) is 13.7. The van der Waals surface area contributed by atoms with Crippen LogP contribution in [0, 0.1) is 6.92 Å². The number of halogens is 2. The van der Waals surface area contributed by atoms with Crippen molar-refractivity contribution in [3.8, 4) is 5.75 Å². The SMILES string of the molecule is CNc1cc(C)nc(COc2c(Br)cccc2Br)n1. The molecule has 0 saturated carbocycles. The summed E-state index contributed by atoms with van der Waals surface area (Å²) < 4.78 is 7.55. The maximum absolute atomic E-state index is 5.76. The highest BCUT2D eigenvalue weighted by molar-refractivity contribution is 9.11. The first-order valence-electron chi connectivity index (χ1n) is 5.69. The molecule has 0 saturated heterocycles. The smallest absolute Gasteiger partial charge is 0.168 e. The van der Waals surface area contributed by atoms with Crippen LogP contribution in [0.2, 0.25) is 0 Å². The lowest BCUT2D eigenvalue weighted by Gasteiger charge is -2.10. The highest BCUT2D eigenvalue weighted by Gasteiger charge is 2.08. The second-order valence-corrected chi connectivity index (χ2v) is 5.61. The fourth-order valence-corrected chi connectivity index (χ4v) is 2.81. The van der Waals surface area contributed by atoms with Gasteiger partial charge in [-0.25, -0.2) is 9.97 Å². The Hall–Kier alpha value is -1.14. The number of anilines is 1. The molecule has 0 aliphatic carbocycles. The fourth-order valence-electron chi connectivity index (χ4n) is 1.58. The first kappa shape index (κ1) is 14.3. The predicted molar refractivity (Wildman–Crippen MR) is 82.5 cm³/mol. The van der Waals surface area contributed by atoms with Gasteiger partial charge in [0.05, 0.1) is 8.95 Å². The van der Waals surface area contributed by atoms with Crippen molar-refractivity contribution in [1.82, 2.24) is 9.97 Å². The molecule has 4 nitrogen and oxygen atoms in total. The molecule has 100 valence electrons. The van der Waals surface area contributed by atoms with Crippen molar-refractivity contribution in [1.29, 1.82) is 0 Å². The second-order valence-electron chi connectivity index (χ2n) is 3.90. The van der Waals surface area contributed by atoms with Gasteiger partial charge in [-0.15, -0.1) is 0 Å². The van der Waals surface area contributed by atoms with Crippen LogP contribution >= 0.6 is 31.9 Å². The lowest BCUT2D eigenvalue weighted by Crippen LogP contribution is -2.06. The van der Waals surface area contributed by atoms with Crippen molar-refractivity contribution >= 4 is 37.7 Å². The van der Waals surface area contributed by atoms with E-state index >= 15 is 0 Å². The van der Waals surface area contributed by atoms with Crippen LogP contribution in [0.3, 0.4) is 0 Å². The van der Waals surface area contributed by atoms with Crippen molar-refractivity contribution in [3.63, 3.8) is 0 Å². The molecule has 0 amide bonds. The van der Waals surface area contributed by atoms with Crippen molar-refractivity contribution in [2.24, 2.45) is 0 Å². The van der Waals surface area contributed by atoms with Crippen LogP contribution in [0.4, 0.5) is 5.82 Å². The number of rotatable bonds is 4. The molecular weight excluding hydrogens is 374 g/mol. The van der Waals surface area contributed by atoms with E-state index < -0.39 is 0 Å². The minimum absolute atomic E-state index is 0.317. The number of hydrogen-bond acceptors (Lipinski definition) is 4. The van der Waals surface area contributed by atoms with Crippen molar-refractivity contribution < 1.29 is 4.74 Å². The van der Waals surface area contributed by atoms with Gasteiger partial charge in [-0.1, -0.05) is 6.07 Å². The largest absolute Gasteiger partial charge is 0.483 e. The summed E-state index contributed by atoms with van der Waals surface area (Å²) in [7, 11) is 1.83. The minimum atomic E-state index is 0.317. The Bertz CT molecular complexity index is 570. The van der Waals surface area contributed by atoms with Gasteiger partial charge in [0.2, 0.25) is 0 Å². The summed E-state index contributed by atoms with van der Waals surface area (Å²) in [6.07, 6.45) is 0. The third kappa shape index (κ3) is 3.67. The number of para-hydroxylation sites is 1. The molecule has 1 heterocycles. The normalized spacial score (nSPS) is 10.3. The molecule has 0 bridgehead atoms. The van der Waals surface area contributed by atoms with E-state index in [4.69, 9.17) is 4.74 Å². The zero-order valence-electron chi connectivity index (χ0n) is 10.6. The van der Waals surface area contributed by atoms with E-state index in [0.29, 0.717) is 12.4 Å². The van der Waals surface area contributed by atoms with Crippen LogP contribution in [-0.2, 0) is 6.61 Å². The predicted octanol–water partition coefficient (Wildman–Crippen LogP) is 3.93. The van der Waals surface area contributed by atoms with E-state index in [1.54, 1.807) is 0 Å². The summed E-state index contributed by atoms with van der Waals surface area (Å²) in [6, 6.07) is 7.67. The van der Waals surface area contributed by atoms with E-state index in [-0.39, 0.29) is 0 Å². The summed E-state index contributed by atoms with van der Waals surface area (Å²) in [5.41, 5.74) is 0.907. The molecule has 2 aromatic rings. The Labute approximate surface area is 128 Å². The molecule has 1 aromatic heterocycles. The number of nitrogens with one attached hydrogen (secondary N) is 1. The summed E-state index contributed by atoms with van der Waals surface area (Å²) in [6.45, 7) is 2.25. The molecule has 0 aliphatic rings. The number of aromatic nitrogens is 2. The van der Waals surface area contributed by atoms with E-state index in [0.717, 1.165) is 26.2 Å². The Morgan fingerprint density at radius 2 is 1.89 bits per heavy atom. The number of hydrogen-bond donors (Lipinski definition) is 1. The molecule has 0 unspecified atom stereocenters. The number of nitrogens with zero attached hydrogens (tertiary/aromatic N) is 2. The topological polar surface area (TPSA) is 47.0 Å². The highest BCUT2D eigenvalue weighted by atomic mass is 79.9. The highest BCUT2D eigenvalue weighted by Crippen LogP contribution is 2.33. The monoisotopic (exact) mass is 385 g/mol. The molecule has 0 spiro atoms. The van der Waals surface area contributed by atoms with Crippen LogP contribution in [0.5, 0.6) is 5.75 Å². The molecular formula is C13H13Br2N3O. The van der Waals surface area contributed by atoms with Gasteiger partial charge >= 0.3 is 0 Å². The van der Waals surface area contributed by atoms with Crippen LogP contribution in [0.15, 0.2) is 33.2 Å². The maximum atomic E-state index is 5.76. The van der Waals surface area contributed by atoms with Crippen molar-refractivity contribution in [3.05, 3.63) is 44.7 Å². The van der Waals surface area contributed by atoms with E-state index in [1.807, 2.05) is 38.2 Å². The molecule has 1 aromatic carbocycles. The quantitative estimate of drug-likeness (QED) is 0.864. The van der Waals surface area contributed by atoms with Gasteiger partial charge in [0, 0.05) is 18.8 Å². The molecule has 6 heteroatoms. The molecule has 2 rings (SSSR count). The van der Waals surface area contributed by atoms with E-state index in [2.05, 4.69) is 47.1 Å². The van der Waals surface area contributed by atoms with Crippen LogP contribution in [0.1, 0.15) is 11.5 Å². The van der Waals surface area contributed by atoms with Gasteiger partial charge in [0.25, 0.3) is 0 Å². The Morgan fingerprint density at radius 3 is 2.53 bits per heavy atom. The van der Waals surface area contributed by atoms with Crippen LogP contribution in [-0.4, -0.2) is 17.0 Å². The van der Waals surface area contributed by atoms with Gasteiger partial charge < -0.3 is 10.1 Å². The lowest BCUT2D eigenvalue weighted by molar-refractivity contribution is 0.292. The van der Waals surface area contributed by atoms with Gasteiger partial charge in [-0.3, -0.25) is 0 Å². The van der Waals surface area contributed by atoms with E-state index in [9.17, 15) is 0 Å². The molecule has 0 fully saturated rings. The average Bonchev–Trinajstić information content (AvgIpc) is 2.37. The summed E-state index contributed by atoms with van der Waals surface area (Å²) in [5.74, 6) is 2.18. The zero-order chi connectivity index (χ0) is 13.8. The molecule has 1 N–H and O–H groups in total. The van der Waals surface area contributed by atoms with Crippen LogP contribution < -0.4 is 10.1 Å².